The smallest absolute Gasteiger partial charge is 0.310 e. The van der Waals surface area contributed by atoms with Crippen molar-refractivity contribution in [3.63, 3.8) is 0 Å². The van der Waals surface area contributed by atoms with Crippen LogP contribution < -0.4 is 5.56 Å². The van der Waals surface area contributed by atoms with E-state index in [0.29, 0.717) is 0 Å². The molecule has 27 heavy (non-hydrogen) atoms. The number of rotatable bonds is 6. The van der Waals surface area contributed by atoms with E-state index < -0.39 is 61.0 Å². The van der Waals surface area contributed by atoms with Gasteiger partial charge in [0, 0.05) is 11.8 Å². The van der Waals surface area contributed by atoms with E-state index in [1.54, 1.807) is 0 Å². The minimum atomic E-state index is -1.97. The molecule has 0 amide bonds. The second kappa shape index (κ2) is 8.27. The summed E-state index contributed by atoms with van der Waals surface area (Å²) in [6.07, 6.45) is -4.32. The van der Waals surface area contributed by atoms with Gasteiger partial charge in [0.05, 0.1) is 33.7 Å². The Bertz CT molecular complexity index is 835. The van der Waals surface area contributed by atoms with Gasteiger partial charge in [-0.05, 0) is 12.2 Å². The summed E-state index contributed by atoms with van der Waals surface area (Å²) < 4.78 is 15.6. The topological polar surface area (TPSA) is 160 Å². The fraction of sp³-hybridized carbons (Fsp3) is 0.600. The first-order valence-electron chi connectivity index (χ1n) is 7.84. The normalized spacial score (nSPS) is 27.4. The lowest BCUT2D eigenvalue weighted by Crippen LogP contribution is -2.48. The molecule has 0 radical (unpaired) electrons. The number of H-pyrrole nitrogens is 1. The average molecular weight is 404 g/mol. The molecule has 1 aromatic heterocycles. The van der Waals surface area contributed by atoms with Gasteiger partial charge in [-0.15, -0.1) is 0 Å². The van der Waals surface area contributed by atoms with Crippen LogP contribution in [0.2, 0.25) is 0 Å². The fourth-order valence-corrected chi connectivity index (χ4v) is 3.17. The van der Waals surface area contributed by atoms with Gasteiger partial charge in [0.2, 0.25) is 0 Å². The molecule has 4 N–H and O–H groups in total. The van der Waals surface area contributed by atoms with Gasteiger partial charge < -0.3 is 29.5 Å². The molecule has 150 valence electrons. The van der Waals surface area contributed by atoms with Crippen molar-refractivity contribution in [3.8, 4) is 0 Å². The fourth-order valence-electron chi connectivity index (χ4n) is 2.87. The second-order valence-electron chi connectivity index (χ2n) is 5.91. The lowest BCUT2D eigenvalue weighted by molar-refractivity contribution is -0.176. The largest absolute Gasteiger partial charge is 0.469 e. The molecule has 0 saturated carbocycles. The van der Waals surface area contributed by atoms with Crippen molar-refractivity contribution in [1.29, 1.82) is 0 Å². The first kappa shape index (κ1) is 21.2. The number of aliphatic hydroxyl groups excluding tert-OH is 3. The molecule has 4 atom stereocenters. The monoisotopic (exact) mass is 404 g/mol. The number of carbonyl (C=O) groups is 2. The molecular weight excluding hydrogens is 384 g/mol. The maximum absolute atomic E-state index is 12.1. The molecule has 0 aliphatic carbocycles. The van der Waals surface area contributed by atoms with E-state index in [1.165, 1.54) is 0 Å². The molecule has 2 rings (SSSR count). The number of aromatic amines is 1. The Hall–Kier alpha value is -2.12. The van der Waals surface area contributed by atoms with Crippen molar-refractivity contribution >= 4 is 24.2 Å². The maximum atomic E-state index is 12.1. The lowest BCUT2D eigenvalue weighted by Gasteiger charge is -2.34. The molecule has 1 aliphatic rings. The second-order valence-corrected chi connectivity index (χ2v) is 6.30. The Morgan fingerprint density at radius 3 is 2.48 bits per heavy atom. The third kappa shape index (κ3) is 3.94. The summed E-state index contributed by atoms with van der Waals surface area (Å²) >= 11 is 5.11. The molecule has 0 aromatic carbocycles. The highest BCUT2D eigenvalue weighted by molar-refractivity contribution is 7.71. The van der Waals surface area contributed by atoms with Crippen molar-refractivity contribution in [2.24, 2.45) is 0 Å². The zero-order valence-electron chi connectivity index (χ0n) is 14.6. The van der Waals surface area contributed by atoms with E-state index in [0.717, 1.165) is 25.0 Å². The van der Waals surface area contributed by atoms with Gasteiger partial charge >= 0.3 is 11.9 Å². The maximum Gasteiger partial charge on any atom is 0.310 e. The van der Waals surface area contributed by atoms with Gasteiger partial charge in [0.15, 0.2) is 10.5 Å². The van der Waals surface area contributed by atoms with Gasteiger partial charge in [-0.3, -0.25) is 23.9 Å². The average Bonchev–Trinajstić information content (AvgIpc) is 2.88. The number of carbonyl (C=O) groups excluding carboxylic acids is 2. The van der Waals surface area contributed by atoms with Crippen molar-refractivity contribution in [2.75, 3.05) is 20.8 Å². The van der Waals surface area contributed by atoms with Crippen molar-refractivity contribution in [3.05, 3.63) is 26.9 Å². The Morgan fingerprint density at radius 2 is 1.96 bits per heavy atom. The third-order valence-corrected chi connectivity index (χ3v) is 4.61. The molecule has 1 saturated heterocycles. The van der Waals surface area contributed by atoms with Crippen LogP contribution in [0.4, 0.5) is 0 Å². The number of esters is 2. The van der Waals surface area contributed by atoms with E-state index in [4.69, 9.17) is 17.0 Å². The van der Waals surface area contributed by atoms with Crippen molar-refractivity contribution in [1.82, 2.24) is 9.55 Å². The van der Waals surface area contributed by atoms with Gasteiger partial charge in [0.25, 0.3) is 5.56 Å². The van der Waals surface area contributed by atoms with Crippen LogP contribution in [0.5, 0.6) is 0 Å². The first-order valence-corrected chi connectivity index (χ1v) is 8.24. The van der Waals surface area contributed by atoms with Crippen LogP contribution >= 0.6 is 12.2 Å². The van der Waals surface area contributed by atoms with Crippen LogP contribution in [-0.4, -0.2) is 75.9 Å². The van der Waals surface area contributed by atoms with E-state index in [1.807, 2.05) is 0 Å². The van der Waals surface area contributed by atoms with Crippen molar-refractivity contribution < 1.29 is 39.1 Å². The SMILES string of the molecule is COC(=O)Cc1cn([C@]2(CC(=O)OC)O[C@H](CO)[C@@H](O)[C@H]2O)c(=S)[nH]c1=O. The van der Waals surface area contributed by atoms with E-state index >= 15 is 0 Å². The zero-order valence-corrected chi connectivity index (χ0v) is 15.4. The number of ether oxygens (including phenoxy) is 3. The van der Waals surface area contributed by atoms with Gasteiger partial charge in [0.1, 0.15) is 18.3 Å². The number of nitrogens with zero attached hydrogens (tertiary/aromatic N) is 1. The van der Waals surface area contributed by atoms with Crippen LogP contribution in [0.25, 0.3) is 0 Å². The number of hydrogen-bond donors (Lipinski definition) is 4. The van der Waals surface area contributed by atoms with Gasteiger partial charge in [-0.25, -0.2) is 0 Å². The number of nitrogens with one attached hydrogen (secondary N) is 1. The quantitative estimate of drug-likeness (QED) is 0.307. The van der Waals surface area contributed by atoms with Crippen LogP contribution in [0.3, 0.4) is 0 Å². The molecular formula is C15H20N2O9S. The van der Waals surface area contributed by atoms with Crippen LogP contribution in [0.15, 0.2) is 11.0 Å². The number of hydrogen-bond acceptors (Lipinski definition) is 10. The predicted molar refractivity (Wildman–Crippen MR) is 90.2 cm³/mol. The molecule has 11 nitrogen and oxygen atoms in total. The summed E-state index contributed by atoms with van der Waals surface area (Å²) in [5.41, 5.74) is -2.70. The number of aromatic nitrogens is 2. The predicted octanol–water partition coefficient (Wildman–Crippen LogP) is -2.05. The molecule has 1 aromatic rings. The summed E-state index contributed by atoms with van der Waals surface area (Å²) in [4.78, 5) is 37.9. The Morgan fingerprint density at radius 1 is 1.33 bits per heavy atom. The molecule has 0 bridgehead atoms. The Labute approximate surface area is 158 Å². The first-order chi connectivity index (χ1) is 12.7. The minimum absolute atomic E-state index is 0.0718. The molecule has 1 fully saturated rings. The minimum Gasteiger partial charge on any atom is -0.469 e. The van der Waals surface area contributed by atoms with Crippen molar-refractivity contribution in [2.45, 2.75) is 36.9 Å². The van der Waals surface area contributed by atoms with Crippen LogP contribution in [0.1, 0.15) is 12.0 Å². The molecule has 12 heteroatoms. The lowest BCUT2D eigenvalue weighted by atomic mass is 9.98. The molecule has 2 heterocycles. The summed E-state index contributed by atoms with van der Waals surface area (Å²) in [6.45, 7) is -0.646. The Kier molecular flexibility index (Phi) is 6.49. The third-order valence-electron chi connectivity index (χ3n) is 4.31. The van der Waals surface area contributed by atoms with E-state index in [9.17, 15) is 29.7 Å². The molecule has 1 aliphatic heterocycles. The Balaban J connectivity index is 2.65. The zero-order chi connectivity index (χ0) is 20.4. The highest BCUT2D eigenvalue weighted by atomic mass is 32.1. The van der Waals surface area contributed by atoms with Crippen LogP contribution in [-0.2, 0) is 35.9 Å². The van der Waals surface area contributed by atoms with E-state index in [2.05, 4.69) is 14.5 Å². The number of methoxy groups -OCH3 is 2. The molecule has 0 spiro atoms. The summed E-state index contributed by atoms with van der Waals surface area (Å²) in [6, 6.07) is 0. The van der Waals surface area contributed by atoms with Crippen LogP contribution in [0, 0.1) is 4.77 Å². The number of aliphatic hydroxyl groups is 3. The molecule has 0 unspecified atom stereocenters. The van der Waals surface area contributed by atoms with E-state index in [-0.39, 0.29) is 10.3 Å². The standard InChI is InChI=1S/C15H20N2O9S/c1-24-9(19)3-7-5-17(14(27)16-13(7)23)15(4-10(20)25-2)12(22)11(21)8(6-18)26-15/h5,8,11-12,18,21-22H,3-4,6H2,1-2H3,(H,16,23,27)/t8-,11-,12-,15-/m1/s1. The summed E-state index contributed by atoms with van der Waals surface area (Å²) in [5, 5.41) is 30.1. The highest BCUT2D eigenvalue weighted by Crippen LogP contribution is 2.39. The highest BCUT2D eigenvalue weighted by Gasteiger charge is 2.56. The van der Waals surface area contributed by atoms with Gasteiger partial charge in [-0.1, -0.05) is 0 Å². The summed E-state index contributed by atoms with van der Waals surface area (Å²) in [7, 11) is 2.27. The van der Waals surface area contributed by atoms with Gasteiger partial charge in [-0.2, -0.15) is 0 Å². The summed E-state index contributed by atoms with van der Waals surface area (Å²) in [5.74, 6) is -1.50.